The molecule has 2 aromatic rings. The van der Waals surface area contributed by atoms with Gasteiger partial charge in [0.1, 0.15) is 5.69 Å². The third kappa shape index (κ3) is 1.39. The molecule has 2 rings (SSSR count). The molecule has 0 amide bonds. The zero-order chi connectivity index (χ0) is 9.97. The maximum atomic E-state index is 11.6. The monoisotopic (exact) mass is 185 g/mol. The molecular weight excluding hydrogens is 174 g/mol. The first-order chi connectivity index (χ1) is 6.83. The number of hydrogen-bond acceptors (Lipinski definition) is 2. The number of carbonyl (C=O) groups excluding carboxylic acids is 1. The summed E-state index contributed by atoms with van der Waals surface area (Å²) in [5.74, 6) is 0.0989. The number of ketones is 1. The Morgan fingerprint density at radius 1 is 1.29 bits per heavy atom. The van der Waals surface area contributed by atoms with E-state index in [1.165, 1.54) is 0 Å². The Morgan fingerprint density at radius 3 is 2.86 bits per heavy atom. The highest BCUT2D eigenvalue weighted by atomic mass is 16.1. The van der Waals surface area contributed by atoms with Crippen molar-refractivity contribution < 1.29 is 4.79 Å². The van der Waals surface area contributed by atoms with Crippen molar-refractivity contribution in [2.24, 2.45) is 0 Å². The van der Waals surface area contributed by atoms with Crippen LogP contribution in [0.3, 0.4) is 0 Å². The van der Waals surface area contributed by atoms with E-state index in [-0.39, 0.29) is 5.78 Å². The lowest BCUT2D eigenvalue weighted by atomic mass is 10.1. The van der Waals surface area contributed by atoms with Gasteiger partial charge in [-0.2, -0.15) is 0 Å². The van der Waals surface area contributed by atoms with Crippen molar-refractivity contribution in [3.63, 3.8) is 0 Å². The van der Waals surface area contributed by atoms with Crippen molar-refractivity contribution in [3.05, 3.63) is 42.2 Å². The Balaban J connectivity index is 2.71. The van der Waals surface area contributed by atoms with Gasteiger partial charge in [-0.05, 0) is 11.5 Å². The highest BCUT2D eigenvalue weighted by Crippen LogP contribution is 2.17. The molecule has 1 aromatic carbocycles. The molecule has 0 N–H and O–H groups in total. The van der Waals surface area contributed by atoms with Crippen LogP contribution >= 0.6 is 0 Å². The third-order valence-corrected chi connectivity index (χ3v) is 2.26. The fraction of sp³-hybridized carbons (Fsp3) is 0.167. The summed E-state index contributed by atoms with van der Waals surface area (Å²) in [4.78, 5) is 15.7. The molecule has 0 aliphatic heterocycles. The number of carbonyl (C=O) groups is 1. The number of Topliss-reactive ketones (excluding diaryl/α,β-unsaturated/α-hetero) is 1. The highest BCUT2D eigenvalue weighted by Gasteiger charge is 2.08. The first-order valence-electron chi connectivity index (χ1n) is 4.70. The smallest absolute Gasteiger partial charge is 0.181 e. The lowest BCUT2D eigenvalue weighted by Crippen LogP contribution is -2.00. The molecule has 0 saturated heterocycles. The maximum Gasteiger partial charge on any atom is 0.181 e. The predicted octanol–water partition coefficient (Wildman–Crippen LogP) is 2.83. The Hall–Kier alpha value is -1.70. The highest BCUT2D eigenvalue weighted by molar-refractivity contribution is 6.06. The zero-order valence-corrected chi connectivity index (χ0v) is 8.03. The molecule has 0 fully saturated rings. The second kappa shape index (κ2) is 3.58. The van der Waals surface area contributed by atoms with Gasteiger partial charge in [-0.3, -0.25) is 9.78 Å². The Kier molecular flexibility index (Phi) is 2.27. The van der Waals surface area contributed by atoms with Crippen molar-refractivity contribution in [2.75, 3.05) is 0 Å². The molecule has 2 nitrogen and oxygen atoms in total. The van der Waals surface area contributed by atoms with Gasteiger partial charge >= 0.3 is 0 Å². The van der Waals surface area contributed by atoms with Crippen LogP contribution in [0.2, 0.25) is 0 Å². The summed E-state index contributed by atoms with van der Waals surface area (Å²) in [5, 5.41) is 2.01. The van der Waals surface area contributed by atoms with E-state index in [1.807, 2.05) is 37.3 Å². The van der Waals surface area contributed by atoms with Crippen LogP contribution in [0.5, 0.6) is 0 Å². The van der Waals surface area contributed by atoms with Gasteiger partial charge in [0.05, 0.1) is 0 Å². The van der Waals surface area contributed by atoms with E-state index in [2.05, 4.69) is 4.98 Å². The molecule has 1 aromatic heterocycles. The molecule has 0 aliphatic carbocycles. The average molecular weight is 185 g/mol. The molecule has 70 valence electrons. The molecule has 0 bridgehead atoms. The number of pyridine rings is 1. The number of fused-ring (bicyclic) bond motifs is 1. The minimum atomic E-state index is 0.0989. The van der Waals surface area contributed by atoms with Gasteiger partial charge in [0.15, 0.2) is 5.78 Å². The van der Waals surface area contributed by atoms with E-state index < -0.39 is 0 Å². The molecule has 2 heteroatoms. The number of benzene rings is 1. The summed E-state index contributed by atoms with van der Waals surface area (Å²) in [7, 11) is 0. The van der Waals surface area contributed by atoms with Crippen LogP contribution in [0.25, 0.3) is 10.8 Å². The fourth-order valence-corrected chi connectivity index (χ4v) is 1.51. The van der Waals surface area contributed by atoms with Crippen LogP contribution in [0, 0.1) is 0 Å². The lowest BCUT2D eigenvalue weighted by Gasteiger charge is -2.02. The van der Waals surface area contributed by atoms with Gasteiger partial charge < -0.3 is 0 Å². The molecule has 0 radical (unpaired) electrons. The van der Waals surface area contributed by atoms with Crippen LogP contribution < -0.4 is 0 Å². The molecule has 14 heavy (non-hydrogen) atoms. The van der Waals surface area contributed by atoms with Crippen molar-refractivity contribution >= 4 is 16.6 Å². The number of nitrogens with zero attached hydrogens (tertiary/aromatic N) is 1. The van der Waals surface area contributed by atoms with E-state index in [4.69, 9.17) is 0 Å². The third-order valence-electron chi connectivity index (χ3n) is 2.26. The molecule has 1 heterocycles. The van der Waals surface area contributed by atoms with Gasteiger partial charge in [-0.15, -0.1) is 0 Å². The van der Waals surface area contributed by atoms with Gasteiger partial charge in [-0.1, -0.05) is 31.2 Å². The Morgan fingerprint density at radius 2 is 2.07 bits per heavy atom. The Bertz CT molecular complexity index is 471. The van der Waals surface area contributed by atoms with Crippen LogP contribution in [0.15, 0.2) is 36.5 Å². The minimum absolute atomic E-state index is 0.0989. The van der Waals surface area contributed by atoms with Crippen LogP contribution in [-0.4, -0.2) is 10.8 Å². The van der Waals surface area contributed by atoms with Crippen molar-refractivity contribution in [2.45, 2.75) is 13.3 Å². The lowest BCUT2D eigenvalue weighted by molar-refractivity contribution is 0.0985. The van der Waals surface area contributed by atoms with Crippen molar-refractivity contribution in [3.8, 4) is 0 Å². The molecule has 0 atom stereocenters. The van der Waals surface area contributed by atoms with Crippen LogP contribution in [0.1, 0.15) is 23.8 Å². The second-order valence-corrected chi connectivity index (χ2v) is 3.16. The van der Waals surface area contributed by atoms with Gasteiger partial charge in [0.25, 0.3) is 0 Å². The zero-order valence-electron chi connectivity index (χ0n) is 8.03. The summed E-state index contributed by atoms with van der Waals surface area (Å²) in [5.41, 5.74) is 0.589. The SMILES string of the molecule is CCC(=O)c1nccc2ccccc12. The van der Waals surface area contributed by atoms with Crippen LogP contribution in [0.4, 0.5) is 0 Å². The number of rotatable bonds is 2. The Labute approximate surface area is 82.6 Å². The summed E-state index contributed by atoms with van der Waals surface area (Å²) in [6, 6.07) is 9.73. The average Bonchev–Trinajstić information content (AvgIpc) is 2.27. The first kappa shape index (κ1) is 8.88. The number of aromatic nitrogens is 1. The first-order valence-corrected chi connectivity index (χ1v) is 4.70. The topological polar surface area (TPSA) is 30.0 Å². The van der Waals surface area contributed by atoms with Crippen molar-refractivity contribution in [1.82, 2.24) is 4.98 Å². The quantitative estimate of drug-likeness (QED) is 0.673. The van der Waals surface area contributed by atoms with E-state index in [0.717, 1.165) is 10.8 Å². The minimum Gasteiger partial charge on any atom is -0.292 e. The predicted molar refractivity (Wildman–Crippen MR) is 56.4 cm³/mol. The van der Waals surface area contributed by atoms with Gasteiger partial charge in [0, 0.05) is 18.0 Å². The number of hydrogen-bond donors (Lipinski definition) is 0. The normalized spacial score (nSPS) is 10.4. The van der Waals surface area contributed by atoms with E-state index in [9.17, 15) is 4.79 Å². The molecule has 0 aliphatic rings. The van der Waals surface area contributed by atoms with Crippen LogP contribution in [-0.2, 0) is 0 Å². The second-order valence-electron chi connectivity index (χ2n) is 3.16. The van der Waals surface area contributed by atoms with Gasteiger partial charge in [-0.25, -0.2) is 0 Å². The summed E-state index contributed by atoms with van der Waals surface area (Å²) in [6.07, 6.45) is 2.19. The molecule has 0 saturated carbocycles. The van der Waals surface area contributed by atoms with Crippen molar-refractivity contribution in [1.29, 1.82) is 0 Å². The summed E-state index contributed by atoms with van der Waals surface area (Å²) in [6.45, 7) is 1.85. The standard InChI is InChI=1S/C12H11NO/c1-2-11(14)12-10-6-4-3-5-9(10)7-8-13-12/h3-8H,2H2,1H3. The fourth-order valence-electron chi connectivity index (χ4n) is 1.51. The largest absolute Gasteiger partial charge is 0.292 e. The summed E-state index contributed by atoms with van der Waals surface area (Å²) >= 11 is 0. The molecular formula is C12H11NO. The van der Waals surface area contributed by atoms with E-state index in [1.54, 1.807) is 6.20 Å². The molecule has 0 spiro atoms. The maximum absolute atomic E-state index is 11.6. The summed E-state index contributed by atoms with van der Waals surface area (Å²) < 4.78 is 0. The van der Waals surface area contributed by atoms with E-state index in [0.29, 0.717) is 12.1 Å². The molecule has 0 unspecified atom stereocenters. The van der Waals surface area contributed by atoms with Gasteiger partial charge in [0.2, 0.25) is 0 Å². The van der Waals surface area contributed by atoms with E-state index >= 15 is 0 Å².